The smallest absolute Gasteiger partial charge is 0.314 e. The van der Waals surface area contributed by atoms with Crippen LogP contribution in [0.15, 0.2) is 0 Å². The van der Waals surface area contributed by atoms with Crippen LogP contribution in [0.4, 0.5) is 4.79 Å². The second-order valence-electron chi connectivity index (χ2n) is 5.01. The fraction of sp³-hybridized carbons (Fsp3) is 0.875. The zero-order chi connectivity index (χ0) is 16.9. The average molecular weight is 364 g/mol. The number of hydrogen-bond donors (Lipinski definition) is 5. The second-order valence-corrected chi connectivity index (χ2v) is 12.6. The van der Waals surface area contributed by atoms with Crippen LogP contribution in [0.25, 0.3) is 0 Å². The minimum atomic E-state index is -5.07. The molecule has 0 bridgehead atoms. The van der Waals surface area contributed by atoms with E-state index in [1.54, 1.807) is 13.1 Å². The van der Waals surface area contributed by atoms with Crippen LogP contribution in [-0.4, -0.2) is 62.8 Å². The van der Waals surface area contributed by atoms with E-state index in [0.29, 0.717) is 12.5 Å². The molecule has 0 unspecified atom stereocenters. The largest absolute Gasteiger partial charge is 0.432 e. The van der Waals surface area contributed by atoms with Crippen molar-refractivity contribution in [3.8, 4) is 0 Å². The molecule has 13 heteroatoms. The predicted octanol–water partition coefficient (Wildman–Crippen LogP) is -1.03. The molecule has 0 saturated carbocycles. The molecule has 0 aromatic rings. The predicted molar refractivity (Wildman–Crippen MR) is 77.4 cm³/mol. The maximum Gasteiger partial charge on any atom is 0.314 e. The normalized spacial score (nSPS) is 13.2. The molecule has 0 rings (SSSR count). The first-order chi connectivity index (χ1) is 9.23. The summed E-state index contributed by atoms with van der Waals surface area (Å²) in [4.78, 5) is 20.9. The van der Waals surface area contributed by atoms with Crippen LogP contribution in [0.1, 0.15) is 6.42 Å². The van der Waals surface area contributed by atoms with E-state index < -0.39 is 45.7 Å². The number of rotatable bonds is 8. The quantitative estimate of drug-likeness (QED) is 0.207. The highest BCUT2D eigenvalue weighted by Crippen LogP contribution is 2.07. The summed E-state index contributed by atoms with van der Waals surface area (Å²) in [5, 5.41) is 4.24. The van der Waals surface area contributed by atoms with Crippen molar-refractivity contribution in [3.63, 3.8) is 0 Å². The molecule has 0 atom stereocenters. The summed E-state index contributed by atoms with van der Waals surface area (Å²) in [6, 6.07) is -0.309. The number of hydrogen-bond acceptors (Lipinski definition) is 6. The van der Waals surface area contributed by atoms with Gasteiger partial charge in [0, 0.05) is 6.54 Å². The molecule has 0 heterocycles. The van der Waals surface area contributed by atoms with Crippen molar-refractivity contribution in [3.05, 3.63) is 0 Å². The lowest BCUT2D eigenvalue weighted by Gasteiger charge is -2.15. The number of carbonyl (C=O) groups excluding carboxylic acids is 1. The van der Waals surface area contributed by atoms with Gasteiger partial charge >= 0.3 is 6.03 Å². The standard InChI is InChI=1S/C8H20N2O8S2Si/c1-21(2,18)5-3-4-9-8(11)10-6-7(19(12,13)14)20(15,16)17/h7,18H,3-6H2,1-2H3,(H2,9,10,11)(H,12,13,14)(H,15,16,17). The van der Waals surface area contributed by atoms with Crippen LogP contribution < -0.4 is 10.6 Å². The Morgan fingerprint density at radius 1 is 1.10 bits per heavy atom. The molecule has 21 heavy (non-hydrogen) atoms. The van der Waals surface area contributed by atoms with Crippen LogP contribution in [0.2, 0.25) is 19.1 Å². The van der Waals surface area contributed by atoms with Crippen molar-refractivity contribution in [2.45, 2.75) is 30.1 Å². The van der Waals surface area contributed by atoms with Crippen molar-refractivity contribution in [2.24, 2.45) is 0 Å². The van der Waals surface area contributed by atoms with Gasteiger partial charge in [0.15, 0.2) is 8.32 Å². The second kappa shape index (κ2) is 7.51. The third-order valence-corrected chi connectivity index (χ3v) is 7.04. The minimum Gasteiger partial charge on any atom is -0.432 e. The maximum atomic E-state index is 11.3. The summed E-state index contributed by atoms with van der Waals surface area (Å²) in [5.41, 5.74) is 0. The topological polar surface area (TPSA) is 170 Å². The third kappa shape index (κ3) is 9.75. The molecule has 10 nitrogen and oxygen atoms in total. The molecule has 0 aromatic carbocycles. The van der Waals surface area contributed by atoms with E-state index in [-0.39, 0.29) is 6.54 Å². The summed E-state index contributed by atoms with van der Waals surface area (Å²) in [5.74, 6) is 0. The first-order valence-corrected chi connectivity index (χ1v) is 12.1. The van der Waals surface area contributed by atoms with Gasteiger partial charge in [0.05, 0.1) is 6.54 Å². The van der Waals surface area contributed by atoms with E-state index in [9.17, 15) is 26.4 Å². The summed E-state index contributed by atoms with van der Waals surface area (Å²) in [6.45, 7) is 2.67. The minimum absolute atomic E-state index is 0.200. The van der Waals surface area contributed by atoms with Gasteiger partial charge < -0.3 is 15.4 Å². The van der Waals surface area contributed by atoms with Gasteiger partial charge in [-0.3, -0.25) is 9.11 Å². The monoisotopic (exact) mass is 364 g/mol. The van der Waals surface area contributed by atoms with Crippen molar-refractivity contribution in [1.82, 2.24) is 10.6 Å². The molecule has 0 aromatic heterocycles. The molecule has 0 spiro atoms. The van der Waals surface area contributed by atoms with Crippen molar-refractivity contribution in [1.29, 1.82) is 0 Å². The van der Waals surface area contributed by atoms with Gasteiger partial charge in [-0.05, 0) is 25.6 Å². The number of carbonyl (C=O) groups is 1. The molecule has 0 aliphatic rings. The van der Waals surface area contributed by atoms with Gasteiger partial charge in [-0.1, -0.05) is 0 Å². The Hall–Kier alpha value is -0.733. The van der Waals surface area contributed by atoms with Gasteiger partial charge in [0.25, 0.3) is 20.2 Å². The molecule has 0 fully saturated rings. The number of urea groups is 1. The van der Waals surface area contributed by atoms with E-state index in [0.717, 1.165) is 0 Å². The fourth-order valence-electron chi connectivity index (χ4n) is 1.33. The molecular weight excluding hydrogens is 344 g/mol. The van der Waals surface area contributed by atoms with Crippen molar-refractivity contribution < 1.29 is 35.5 Å². The summed E-state index contributed by atoms with van der Waals surface area (Å²) < 4.78 is 57.9. The van der Waals surface area contributed by atoms with Gasteiger partial charge in [-0.15, -0.1) is 0 Å². The number of nitrogens with one attached hydrogen (secondary N) is 2. The van der Waals surface area contributed by atoms with Crippen LogP contribution in [0.3, 0.4) is 0 Å². The Balaban J connectivity index is 4.29. The highest BCUT2D eigenvalue weighted by Gasteiger charge is 2.35. The van der Waals surface area contributed by atoms with Crippen molar-refractivity contribution >= 4 is 34.6 Å². The first-order valence-electron chi connectivity index (χ1n) is 5.90. The van der Waals surface area contributed by atoms with Gasteiger partial charge in [-0.2, -0.15) is 16.8 Å². The lowest BCUT2D eigenvalue weighted by atomic mass is 10.5. The van der Waals surface area contributed by atoms with Gasteiger partial charge in [0.1, 0.15) is 0 Å². The molecule has 5 N–H and O–H groups in total. The lowest BCUT2D eigenvalue weighted by Crippen LogP contribution is -2.45. The first kappa shape index (κ1) is 20.3. The van der Waals surface area contributed by atoms with Crippen LogP contribution in [-0.2, 0) is 20.2 Å². The zero-order valence-corrected chi connectivity index (χ0v) is 14.2. The Morgan fingerprint density at radius 2 is 1.57 bits per heavy atom. The Morgan fingerprint density at radius 3 is 1.95 bits per heavy atom. The van der Waals surface area contributed by atoms with Gasteiger partial charge in [0.2, 0.25) is 4.58 Å². The SMILES string of the molecule is C[Si](C)(O)CCCNC(=O)NCC(S(=O)(=O)O)S(=O)(=O)O. The zero-order valence-electron chi connectivity index (χ0n) is 11.6. The van der Waals surface area contributed by atoms with E-state index in [2.05, 4.69) is 5.32 Å². The molecule has 0 aliphatic heterocycles. The van der Waals surface area contributed by atoms with Crippen LogP contribution >= 0.6 is 0 Å². The van der Waals surface area contributed by atoms with Gasteiger partial charge in [-0.25, -0.2) is 4.79 Å². The summed E-state index contributed by atoms with van der Waals surface area (Å²) in [6.07, 6.45) is 0.503. The third-order valence-electron chi connectivity index (χ3n) is 2.34. The highest BCUT2D eigenvalue weighted by atomic mass is 32.3. The molecule has 126 valence electrons. The Bertz CT molecular complexity index is 521. The maximum absolute atomic E-state index is 11.3. The lowest BCUT2D eigenvalue weighted by molar-refractivity contribution is 0.241. The summed E-state index contributed by atoms with van der Waals surface area (Å²) in [7, 11) is -12.4. The molecule has 2 amide bonds. The molecule has 0 aliphatic carbocycles. The Labute approximate surface area is 124 Å². The molecule has 0 saturated heterocycles. The highest BCUT2D eigenvalue weighted by molar-refractivity contribution is 8.04. The Kier molecular flexibility index (Phi) is 7.24. The van der Waals surface area contributed by atoms with Crippen LogP contribution in [0.5, 0.6) is 0 Å². The number of amides is 2. The van der Waals surface area contributed by atoms with Crippen LogP contribution in [0, 0.1) is 0 Å². The van der Waals surface area contributed by atoms with E-state index in [4.69, 9.17) is 9.11 Å². The summed E-state index contributed by atoms with van der Waals surface area (Å²) >= 11 is 0. The van der Waals surface area contributed by atoms with E-state index >= 15 is 0 Å². The fourth-order valence-corrected chi connectivity index (χ4v) is 4.18. The molecular formula is C8H20N2O8S2Si. The average Bonchev–Trinajstić information content (AvgIpc) is 2.19. The van der Waals surface area contributed by atoms with E-state index in [1.165, 1.54) is 0 Å². The van der Waals surface area contributed by atoms with Crippen molar-refractivity contribution in [2.75, 3.05) is 13.1 Å². The molecule has 0 radical (unpaired) electrons. The van der Waals surface area contributed by atoms with E-state index in [1.807, 2.05) is 5.32 Å².